The number of halogens is 3. The smallest absolute Gasteiger partial charge is 0.348 e. The molecule has 5 heteroatoms. The van der Waals surface area contributed by atoms with Crippen molar-refractivity contribution in [1.82, 2.24) is 4.57 Å². The number of aromatic nitrogens is 1. The van der Waals surface area contributed by atoms with Crippen LogP contribution in [-0.4, -0.2) is 10.6 Å². The van der Waals surface area contributed by atoms with Gasteiger partial charge in [-0.15, -0.1) is 0 Å². The zero-order chi connectivity index (χ0) is 14.3. The summed E-state index contributed by atoms with van der Waals surface area (Å²) in [6.45, 7) is 0.739. The molecule has 0 unspecified atom stereocenters. The van der Waals surface area contributed by atoms with Crippen LogP contribution in [0.4, 0.5) is 13.2 Å². The summed E-state index contributed by atoms with van der Waals surface area (Å²) in [5.74, 6) is 0.0262. The lowest BCUT2D eigenvalue weighted by Gasteiger charge is -2.30. The van der Waals surface area contributed by atoms with Gasteiger partial charge < -0.3 is 10.3 Å². The summed E-state index contributed by atoms with van der Waals surface area (Å²) in [4.78, 5) is 0. The monoisotopic (exact) mass is 286 g/mol. The quantitative estimate of drug-likeness (QED) is 0.835. The molecule has 0 atom stereocenters. The minimum absolute atomic E-state index is 0.0262. The Kier molecular flexibility index (Phi) is 3.56. The maximum Gasteiger partial charge on any atom is 0.418 e. The van der Waals surface area contributed by atoms with Gasteiger partial charge in [0.15, 0.2) is 0 Å². The van der Waals surface area contributed by atoms with Crippen molar-refractivity contribution in [2.75, 3.05) is 0 Å². The molecule has 112 valence electrons. The van der Waals surface area contributed by atoms with Crippen LogP contribution in [0, 0.1) is 0 Å². The first-order valence-corrected chi connectivity index (χ1v) is 7.52. The summed E-state index contributed by atoms with van der Waals surface area (Å²) in [7, 11) is 0. The minimum Gasteiger partial charge on any atom is -0.348 e. The van der Waals surface area contributed by atoms with E-state index >= 15 is 0 Å². The molecular formula is C15H21F3N2. The van der Waals surface area contributed by atoms with Crippen LogP contribution in [0.1, 0.15) is 61.4 Å². The number of rotatable bonds is 1. The molecule has 1 saturated carbocycles. The fourth-order valence-corrected chi connectivity index (χ4v) is 3.73. The van der Waals surface area contributed by atoms with Crippen LogP contribution in [0.2, 0.25) is 0 Å². The summed E-state index contributed by atoms with van der Waals surface area (Å²) in [5.41, 5.74) is 6.90. The summed E-state index contributed by atoms with van der Waals surface area (Å²) in [5, 5.41) is 0. The van der Waals surface area contributed by atoms with E-state index in [4.69, 9.17) is 5.73 Å². The van der Waals surface area contributed by atoms with Crippen LogP contribution in [0.15, 0.2) is 6.07 Å². The van der Waals surface area contributed by atoms with Crippen LogP contribution in [0.25, 0.3) is 0 Å². The van der Waals surface area contributed by atoms with Crippen molar-refractivity contribution in [1.29, 1.82) is 0 Å². The van der Waals surface area contributed by atoms with Gasteiger partial charge in [0.2, 0.25) is 0 Å². The lowest BCUT2D eigenvalue weighted by atomic mass is 9.83. The fourth-order valence-electron chi connectivity index (χ4n) is 3.73. The Balaban J connectivity index is 2.00. The predicted octanol–water partition coefficient (Wildman–Crippen LogP) is 3.83. The van der Waals surface area contributed by atoms with E-state index in [1.54, 1.807) is 0 Å². The van der Waals surface area contributed by atoms with Crippen LogP contribution < -0.4 is 5.73 Å². The molecule has 1 aromatic heterocycles. The topological polar surface area (TPSA) is 30.9 Å². The number of nitrogens with two attached hydrogens (primary N) is 1. The highest BCUT2D eigenvalue weighted by molar-refractivity contribution is 5.34. The van der Waals surface area contributed by atoms with Gasteiger partial charge in [-0.05, 0) is 56.9 Å². The normalized spacial score (nSPS) is 27.4. The van der Waals surface area contributed by atoms with E-state index in [-0.39, 0.29) is 12.0 Å². The molecule has 2 nitrogen and oxygen atoms in total. The Morgan fingerprint density at radius 3 is 2.45 bits per heavy atom. The molecule has 1 aromatic rings. The van der Waals surface area contributed by atoms with Gasteiger partial charge in [0.1, 0.15) is 0 Å². The van der Waals surface area contributed by atoms with Crippen molar-refractivity contribution in [2.45, 2.75) is 69.6 Å². The highest BCUT2D eigenvalue weighted by Crippen LogP contribution is 2.43. The van der Waals surface area contributed by atoms with Crippen molar-refractivity contribution in [2.24, 2.45) is 5.73 Å². The van der Waals surface area contributed by atoms with Crippen molar-refractivity contribution < 1.29 is 13.2 Å². The van der Waals surface area contributed by atoms with Crippen molar-refractivity contribution in [3.05, 3.63) is 23.0 Å². The molecule has 0 aromatic carbocycles. The first kappa shape index (κ1) is 14.0. The Morgan fingerprint density at radius 2 is 1.80 bits per heavy atom. The molecule has 0 spiro atoms. The Morgan fingerprint density at radius 1 is 1.10 bits per heavy atom. The highest BCUT2D eigenvalue weighted by atomic mass is 19.4. The average molecular weight is 286 g/mol. The van der Waals surface area contributed by atoms with Crippen LogP contribution in [-0.2, 0) is 19.1 Å². The first-order chi connectivity index (χ1) is 9.47. The van der Waals surface area contributed by atoms with Crippen molar-refractivity contribution in [3.8, 4) is 0 Å². The molecule has 2 aliphatic rings. The number of hydrogen-bond acceptors (Lipinski definition) is 1. The largest absolute Gasteiger partial charge is 0.418 e. The van der Waals surface area contributed by atoms with E-state index in [2.05, 4.69) is 0 Å². The number of aryl methyl sites for hydroxylation is 1. The van der Waals surface area contributed by atoms with Gasteiger partial charge >= 0.3 is 6.18 Å². The molecule has 1 aliphatic heterocycles. The van der Waals surface area contributed by atoms with Crippen molar-refractivity contribution in [3.63, 3.8) is 0 Å². The number of fused-ring (bicyclic) bond motifs is 1. The predicted molar refractivity (Wildman–Crippen MR) is 71.6 cm³/mol. The molecule has 3 rings (SSSR count). The second kappa shape index (κ2) is 5.10. The van der Waals surface area contributed by atoms with Gasteiger partial charge in [0.25, 0.3) is 0 Å². The average Bonchev–Trinajstić information content (AvgIpc) is 2.79. The van der Waals surface area contributed by atoms with Crippen molar-refractivity contribution >= 4 is 0 Å². The minimum atomic E-state index is -4.24. The Labute approximate surface area is 117 Å². The summed E-state index contributed by atoms with van der Waals surface area (Å²) >= 11 is 0. The lowest BCUT2D eigenvalue weighted by molar-refractivity contribution is -0.138. The molecule has 1 fully saturated rings. The lowest BCUT2D eigenvalue weighted by Crippen LogP contribution is -2.28. The molecule has 0 radical (unpaired) electrons. The summed E-state index contributed by atoms with van der Waals surface area (Å²) < 4.78 is 41.9. The standard InChI is InChI=1S/C15H21F3N2/c16-15(17,18)13-9-12-3-1-2-8-20(12)14(13)10-4-6-11(19)7-5-10/h9-11H,1-8,19H2. The Bertz CT molecular complexity index is 482. The highest BCUT2D eigenvalue weighted by Gasteiger charge is 2.39. The van der Waals surface area contributed by atoms with Gasteiger partial charge in [-0.3, -0.25) is 0 Å². The number of alkyl halides is 3. The van der Waals surface area contributed by atoms with Gasteiger partial charge in [-0.1, -0.05) is 0 Å². The van der Waals surface area contributed by atoms with Crippen LogP contribution in [0.3, 0.4) is 0 Å². The maximum atomic E-state index is 13.3. The van der Waals surface area contributed by atoms with Gasteiger partial charge in [-0.25, -0.2) is 0 Å². The third kappa shape index (κ3) is 2.48. The molecule has 0 saturated heterocycles. The molecule has 20 heavy (non-hydrogen) atoms. The van der Waals surface area contributed by atoms with E-state index in [9.17, 15) is 13.2 Å². The molecule has 0 amide bonds. The van der Waals surface area contributed by atoms with E-state index in [0.29, 0.717) is 5.69 Å². The number of nitrogens with zero attached hydrogens (tertiary/aromatic N) is 1. The van der Waals surface area contributed by atoms with Gasteiger partial charge in [0.05, 0.1) is 5.56 Å². The SMILES string of the molecule is NC1CCC(c2c(C(F)(F)F)cc3n2CCCC3)CC1. The zero-order valence-corrected chi connectivity index (χ0v) is 11.5. The fraction of sp³-hybridized carbons (Fsp3) is 0.733. The van der Waals surface area contributed by atoms with E-state index in [0.717, 1.165) is 57.2 Å². The first-order valence-electron chi connectivity index (χ1n) is 7.52. The molecule has 0 bridgehead atoms. The zero-order valence-electron chi connectivity index (χ0n) is 11.5. The Hall–Kier alpha value is -0.970. The second-order valence-electron chi connectivity index (χ2n) is 6.15. The number of hydrogen-bond donors (Lipinski definition) is 1. The second-order valence-corrected chi connectivity index (χ2v) is 6.15. The van der Waals surface area contributed by atoms with Gasteiger partial charge in [-0.2, -0.15) is 13.2 Å². The van der Waals surface area contributed by atoms with Crippen LogP contribution in [0.5, 0.6) is 0 Å². The van der Waals surface area contributed by atoms with E-state index in [1.165, 1.54) is 6.07 Å². The molecule has 2 N–H and O–H groups in total. The maximum absolute atomic E-state index is 13.3. The molecule has 2 heterocycles. The summed E-state index contributed by atoms with van der Waals surface area (Å²) in [6.07, 6.45) is 1.76. The van der Waals surface area contributed by atoms with E-state index in [1.807, 2.05) is 4.57 Å². The van der Waals surface area contributed by atoms with Gasteiger partial charge in [0, 0.05) is 24.0 Å². The molecule has 1 aliphatic carbocycles. The summed E-state index contributed by atoms with van der Waals surface area (Å²) in [6, 6.07) is 1.56. The third-order valence-corrected chi connectivity index (χ3v) is 4.75. The van der Waals surface area contributed by atoms with Crippen LogP contribution >= 0.6 is 0 Å². The molecular weight excluding hydrogens is 265 g/mol. The van der Waals surface area contributed by atoms with E-state index < -0.39 is 11.7 Å². The third-order valence-electron chi connectivity index (χ3n) is 4.75.